The number of hydrogen-bond donors (Lipinski definition) is 0. The first kappa shape index (κ1) is 16.3. The van der Waals surface area contributed by atoms with Gasteiger partial charge in [-0.05, 0) is 31.0 Å². The number of para-hydroxylation sites is 1. The number of rotatable bonds is 4. The predicted octanol–water partition coefficient (Wildman–Crippen LogP) is 5.58. The summed E-state index contributed by atoms with van der Waals surface area (Å²) in [5.41, 5.74) is 4.87. The van der Waals surface area contributed by atoms with E-state index in [-0.39, 0.29) is 11.8 Å². The maximum Gasteiger partial charge on any atom is 0.191 e. The lowest BCUT2D eigenvalue weighted by Crippen LogP contribution is -2.26. The third-order valence-corrected chi connectivity index (χ3v) is 4.86. The van der Waals surface area contributed by atoms with Crippen LogP contribution in [0.4, 0.5) is 5.69 Å². The summed E-state index contributed by atoms with van der Waals surface area (Å²) in [6, 6.07) is 30.4. The van der Waals surface area contributed by atoms with Gasteiger partial charge in [-0.2, -0.15) is 0 Å². The van der Waals surface area contributed by atoms with Crippen molar-refractivity contribution in [3.8, 4) is 0 Å². The molecule has 0 radical (unpaired) electrons. The van der Waals surface area contributed by atoms with Crippen LogP contribution in [0.15, 0.2) is 96.6 Å². The zero-order valence-electron chi connectivity index (χ0n) is 14.8. The van der Waals surface area contributed by atoms with E-state index in [0.717, 1.165) is 34.5 Å². The fourth-order valence-corrected chi connectivity index (χ4v) is 3.69. The highest BCUT2D eigenvalue weighted by molar-refractivity contribution is 6.15. The quantitative estimate of drug-likeness (QED) is 0.578. The molecule has 128 valence electrons. The van der Waals surface area contributed by atoms with Crippen LogP contribution in [-0.4, -0.2) is 11.8 Å². The van der Waals surface area contributed by atoms with Crippen molar-refractivity contribution in [2.75, 3.05) is 4.90 Å². The highest BCUT2D eigenvalue weighted by Gasteiger charge is 2.34. The van der Waals surface area contributed by atoms with Gasteiger partial charge < -0.3 is 4.90 Å². The summed E-state index contributed by atoms with van der Waals surface area (Å²) in [6.07, 6.45) is 0.743. The van der Waals surface area contributed by atoms with Crippen LogP contribution in [0.25, 0.3) is 5.70 Å². The second kappa shape index (κ2) is 7.01. The molecule has 0 amide bonds. The molecule has 4 rings (SSSR count). The summed E-state index contributed by atoms with van der Waals surface area (Å²) in [5, 5.41) is 0. The van der Waals surface area contributed by atoms with Crippen molar-refractivity contribution in [2.24, 2.45) is 0 Å². The van der Waals surface area contributed by atoms with E-state index < -0.39 is 0 Å². The third-order valence-electron chi connectivity index (χ3n) is 4.86. The van der Waals surface area contributed by atoms with E-state index in [2.05, 4.69) is 36.1 Å². The standard InChI is InChI=1S/C24H21NO/c1-18-17-22(24(26)20-13-7-3-8-14-20)23(19-11-5-2-6-12-19)25(18)21-15-9-4-10-16-21/h2-16,18H,17H2,1H3/t18-/m0/s1. The SMILES string of the molecule is C[C@H]1CC(C(=O)c2ccccc2)=C(c2ccccc2)N1c1ccccc1. The summed E-state index contributed by atoms with van der Waals surface area (Å²) >= 11 is 0. The van der Waals surface area contributed by atoms with Gasteiger partial charge in [-0.1, -0.05) is 78.9 Å². The van der Waals surface area contributed by atoms with Gasteiger partial charge in [0.15, 0.2) is 5.78 Å². The Bertz CT molecular complexity index is 930. The van der Waals surface area contributed by atoms with Crippen molar-refractivity contribution in [3.63, 3.8) is 0 Å². The largest absolute Gasteiger partial charge is 0.337 e. The average Bonchev–Trinajstić information content (AvgIpc) is 3.06. The second-order valence-electron chi connectivity index (χ2n) is 6.65. The first-order chi connectivity index (χ1) is 12.8. The van der Waals surface area contributed by atoms with Gasteiger partial charge in [-0.25, -0.2) is 0 Å². The van der Waals surface area contributed by atoms with Gasteiger partial charge in [0.25, 0.3) is 0 Å². The molecule has 1 aliphatic heterocycles. The molecule has 1 heterocycles. The van der Waals surface area contributed by atoms with Crippen LogP contribution >= 0.6 is 0 Å². The number of Topliss-reactive ketones (excluding diaryl/α,β-unsaturated/α-hetero) is 1. The number of ketones is 1. The number of nitrogens with zero attached hydrogens (tertiary/aromatic N) is 1. The van der Waals surface area contributed by atoms with E-state index in [4.69, 9.17) is 0 Å². The molecular formula is C24H21NO. The summed E-state index contributed by atoms with van der Waals surface area (Å²) in [7, 11) is 0. The average molecular weight is 339 g/mol. The van der Waals surface area contributed by atoms with Crippen LogP contribution in [0.5, 0.6) is 0 Å². The maximum absolute atomic E-state index is 13.3. The molecule has 1 aliphatic rings. The molecule has 0 unspecified atom stereocenters. The van der Waals surface area contributed by atoms with E-state index in [1.165, 1.54) is 0 Å². The highest BCUT2D eigenvalue weighted by atomic mass is 16.1. The van der Waals surface area contributed by atoms with Crippen molar-refractivity contribution in [3.05, 3.63) is 108 Å². The molecule has 3 aromatic carbocycles. The Morgan fingerprint density at radius 2 is 1.35 bits per heavy atom. The molecule has 0 fully saturated rings. The van der Waals surface area contributed by atoms with Crippen LogP contribution < -0.4 is 4.90 Å². The van der Waals surface area contributed by atoms with Crippen LogP contribution in [0, 0.1) is 0 Å². The molecule has 26 heavy (non-hydrogen) atoms. The Morgan fingerprint density at radius 3 is 1.96 bits per heavy atom. The summed E-state index contributed by atoms with van der Waals surface area (Å²) < 4.78 is 0. The number of hydrogen-bond acceptors (Lipinski definition) is 2. The molecule has 2 nitrogen and oxygen atoms in total. The van der Waals surface area contributed by atoms with Crippen LogP contribution in [0.3, 0.4) is 0 Å². The van der Waals surface area contributed by atoms with Crippen molar-refractivity contribution in [2.45, 2.75) is 19.4 Å². The fourth-order valence-electron chi connectivity index (χ4n) is 3.69. The smallest absolute Gasteiger partial charge is 0.191 e. The monoisotopic (exact) mass is 339 g/mol. The fraction of sp³-hybridized carbons (Fsp3) is 0.125. The topological polar surface area (TPSA) is 20.3 Å². The number of carbonyl (C=O) groups excluding carboxylic acids is 1. The van der Waals surface area contributed by atoms with E-state index in [0.29, 0.717) is 0 Å². The molecular weight excluding hydrogens is 318 g/mol. The molecule has 1 atom stereocenters. The highest BCUT2D eigenvalue weighted by Crippen LogP contribution is 2.40. The lowest BCUT2D eigenvalue weighted by atomic mass is 9.97. The molecule has 0 saturated heterocycles. The first-order valence-electron chi connectivity index (χ1n) is 8.98. The minimum Gasteiger partial charge on any atom is -0.337 e. The third kappa shape index (κ3) is 2.95. The zero-order chi connectivity index (χ0) is 17.9. The Hall–Kier alpha value is -3.13. The van der Waals surface area contributed by atoms with Crippen molar-refractivity contribution >= 4 is 17.2 Å². The summed E-state index contributed by atoms with van der Waals surface area (Å²) in [4.78, 5) is 15.6. The number of anilines is 1. The first-order valence-corrected chi connectivity index (χ1v) is 8.98. The predicted molar refractivity (Wildman–Crippen MR) is 107 cm³/mol. The van der Waals surface area contributed by atoms with Gasteiger partial charge in [0.05, 0.1) is 5.70 Å². The molecule has 0 spiro atoms. The molecule has 2 heteroatoms. The maximum atomic E-state index is 13.3. The van der Waals surface area contributed by atoms with Crippen LogP contribution in [-0.2, 0) is 0 Å². The Balaban J connectivity index is 1.88. The molecule has 3 aromatic rings. The van der Waals surface area contributed by atoms with Crippen molar-refractivity contribution < 1.29 is 4.79 Å². The number of benzene rings is 3. The van der Waals surface area contributed by atoms with Crippen molar-refractivity contribution in [1.82, 2.24) is 0 Å². The Kier molecular flexibility index (Phi) is 4.40. The van der Waals surface area contributed by atoms with Crippen LogP contribution in [0.1, 0.15) is 29.3 Å². The minimum atomic E-state index is 0.120. The van der Waals surface area contributed by atoms with Crippen molar-refractivity contribution in [1.29, 1.82) is 0 Å². The number of carbonyl (C=O) groups is 1. The second-order valence-corrected chi connectivity index (χ2v) is 6.65. The lowest BCUT2D eigenvalue weighted by Gasteiger charge is -2.28. The van der Waals surface area contributed by atoms with Gasteiger partial charge in [0, 0.05) is 22.9 Å². The van der Waals surface area contributed by atoms with E-state index in [1.807, 2.05) is 66.7 Å². The van der Waals surface area contributed by atoms with Gasteiger partial charge in [0.2, 0.25) is 0 Å². The van der Waals surface area contributed by atoms with Gasteiger partial charge >= 0.3 is 0 Å². The molecule has 0 bridgehead atoms. The normalized spacial score (nSPS) is 16.8. The summed E-state index contributed by atoms with van der Waals surface area (Å²) in [5.74, 6) is 0.120. The molecule has 0 N–H and O–H groups in total. The van der Waals surface area contributed by atoms with Gasteiger partial charge in [-0.15, -0.1) is 0 Å². The Labute approximate surface area is 154 Å². The van der Waals surface area contributed by atoms with Gasteiger partial charge in [-0.3, -0.25) is 4.79 Å². The van der Waals surface area contributed by atoms with Crippen LogP contribution in [0.2, 0.25) is 0 Å². The van der Waals surface area contributed by atoms with E-state index >= 15 is 0 Å². The lowest BCUT2D eigenvalue weighted by molar-refractivity contribution is 0.103. The molecule has 0 aliphatic carbocycles. The minimum absolute atomic E-state index is 0.120. The molecule has 0 saturated carbocycles. The van der Waals surface area contributed by atoms with Gasteiger partial charge in [0.1, 0.15) is 0 Å². The zero-order valence-corrected chi connectivity index (χ0v) is 14.8. The Morgan fingerprint density at radius 1 is 0.808 bits per heavy atom. The molecule has 0 aromatic heterocycles. The summed E-state index contributed by atoms with van der Waals surface area (Å²) in [6.45, 7) is 2.18. The van der Waals surface area contributed by atoms with E-state index in [9.17, 15) is 4.79 Å². The van der Waals surface area contributed by atoms with E-state index in [1.54, 1.807) is 0 Å².